The minimum atomic E-state index is -1.02. The molecule has 0 aliphatic carbocycles. The summed E-state index contributed by atoms with van der Waals surface area (Å²) in [5.74, 6) is -1.37. The Bertz CT molecular complexity index is 1260. The number of rotatable bonds is 10. The van der Waals surface area contributed by atoms with Crippen LogP contribution in [0.25, 0.3) is 12.2 Å². The zero-order chi connectivity index (χ0) is 25.9. The Morgan fingerprint density at radius 1 is 0.694 bits per heavy atom. The van der Waals surface area contributed by atoms with Crippen LogP contribution in [0.4, 0.5) is 0 Å². The molecule has 6 heteroatoms. The van der Waals surface area contributed by atoms with Crippen molar-refractivity contribution in [2.75, 3.05) is 14.2 Å². The third-order valence-electron chi connectivity index (χ3n) is 5.34. The molecule has 182 valence electrons. The number of aromatic carboxylic acids is 2. The summed E-state index contributed by atoms with van der Waals surface area (Å²) in [4.78, 5) is 22.7. The number of allylic oxidation sites excluding steroid dienone is 2. The molecule has 0 radical (unpaired) electrons. The molecule has 0 heterocycles. The number of hydrogen-bond acceptors (Lipinski definition) is 4. The topological polar surface area (TPSA) is 93.1 Å². The van der Waals surface area contributed by atoms with Gasteiger partial charge in [-0.2, -0.15) is 0 Å². The van der Waals surface area contributed by atoms with Gasteiger partial charge in [-0.1, -0.05) is 36.4 Å². The van der Waals surface area contributed by atoms with E-state index in [1.54, 1.807) is 24.3 Å². The normalized spacial score (nSPS) is 9.83. The number of carboxylic acids is 2. The molecule has 6 nitrogen and oxygen atoms in total. The van der Waals surface area contributed by atoms with Gasteiger partial charge in [-0.15, -0.1) is 11.5 Å². The zero-order valence-electron chi connectivity index (χ0n) is 20.0. The monoisotopic (exact) mass is 482 g/mol. The van der Waals surface area contributed by atoms with Gasteiger partial charge in [0.1, 0.15) is 22.6 Å². The summed E-state index contributed by atoms with van der Waals surface area (Å²) in [6.07, 6.45) is 8.50. The van der Waals surface area contributed by atoms with Gasteiger partial charge in [-0.05, 0) is 83.7 Å². The number of methoxy groups -OCH3 is 2. The van der Waals surface area contributed by atoms with Crippen LogP contribution in [-0.4, -0.2) is 36.4 Å². The molecule has 0 spiro atoms. The second-order valence-corrected chi connectivity index (χ2v) is 7.78. The number of ether oxygens (including phenoxy) is 2. The van der Waals surface area contributed by atoms with E-state index in [0.29, 0.717) is 24.3 Å². The molecule has 36 heavy (non-hydrogen) atoms. The molecular weight excluding hydrogens is 456 g/mol. The highest BCUT2D eigenvalue weighted by atomic mass is 16.5. The fourth-order valence-electron chi connectivity index (χ4n) is 3.45. The molecule has 0 aromatic heterocycles. The Kier molecular flexibility index (Phi) is 9.07. The summed E-state index contributed by atoms with van der Waals surface area (Å²) in [5.41, 5.74) is 10.2. The van der Waals surface area contributed by atoms with Crippen LogP contribution in [0, 0.1) is 0 Å². The van der Waals surface area contributed by atoms with Crippen LogP contribution in [0.2, 0.25) is 0 Å². The molecule has 2 N–H and O–H groups in total. The largest absolute Gasteiger partial charge is 0.496 e. The van der Waals surface area contributed by atoms with Crippen LogP contribution in [-0.2, 0) is 12.8 Å². The maximum absolute atomic E-state index is 11.3. The molecule has 0 aliphatic rings. The lowest BCUT2D eigenvalue weighted by atomic mass is 10.1. The first-order valence-corrected chi connectivity index (χ1v) is 11.1. The average molecular weight is 483 g/mol. The number of carbonyl (C=O) groups is 2. The molecule has 3 rings (SSSR count). The van der Waals surface area contributed by atoms with Crippen molar-refractivity contribution in [3.63, 3.8) is 0 Å². The van der Waals surface area contributed by atoms with Gasteiger partial charge in [0.25, 0.3) is 0 Å². The molecule has 0 bridgehead atoms. The quantitative estimate of drug-likeness (QED) is 0.348. The molecule has 0 fully saturated rings. The Balaban J connectivity index is 1.59. The van der Waals surface area contributed by atoms with Crippen LogP contribution in [0.3, 0.4) is 0 Å². The fourth-order valence-corrected chi connectivity index (χ4v) is 3.45. The van der Waals surface area contributed by atoms with E-state index < -0.39 is 11.9 Å². The first-order chi connectivity index (χ1) is 17.4. The maximum Gasteiger partial charge on any atom is 0.339 e. The van der Waals surface area contributed by atoms with E-state index in [1.807, 2.05) is 60.7 Å². The fraction of sp³-hybridized carbons (Fsp3) is 0.133. The number of benzene rings is 3. The van der Waals surface area contributed by atoms with Gasteiger partial charge in [-0.25, -0.2) is 9.59 Å². The van der Waals surface area contributed by atoms with Crippen LogP contribution >= 0.6 is 0 Å². The molecule has 3 aromatic rings. The number of hydrogen-bond donors (Lipinski definition) is 2. The Morgan fingerprint density at radius 3 is 1.42 bits per heavy atom. The predicted octanol–water partition coefficient (Wildman–Crippen LogP) is 5.92. The standard InChI is InChI=1S/C30H26O6/c1-35-27-17-15-23(19-25(27)29(31)32)9-5-3-7-21-11-13-22(14-12-21)8-4-6-10-24-16-18-28(36-2)26(20-24)30(33)34/h5-8,11-20H,9-10H2,1-2H3,(H,31,32)(H,33,34). The summed E-state index contributed by atoms with van der Waals surface area (Å²) in [6, 6.07) is 18.0. The first kappa shape index (κ1) is 25.9. The molecule has 3 aromatic carbocycles. The van der Waals surface area contributed by atoms with E-state index in [9.17, 15) is 19.8 Å². The smallest absolute Gasteiger partial charge is 0.339 e. The van der Waals surface area contributed by atoms with E-state index in [1.165, 1.54) is 14.2 Å². The van der Waals surface area contributed by atoms with Crippen LogP contribution < -0.4 is 9.47 Å². The number of carboxylic acid groups (broad SMARTS) is 2. The van der Waals surface area contributed by atoms with E-state index >= 15 is 0 Å². The van der Waals surface area contributed by atoms with Gasteiger partial charge in [-0.3, -0.25) is 0 Å². The van der Waals surface area contributed by atoms with Gasteiger partial charge in [0, 0.05) is 0 Å². The van der Waals surface area contributed by atoms with Crippen molar-refractivity contribution in [3.8, 4) is 11.5 Å². The highest BCUT2D eigenvalue weighted by Crippen LogP contribution is 2.21. The van der Waals surface area contributed by atoms with Crippen LogP contribution in [0.1, 0.15) is 43.0 Å². The second-order valence-electron chi connectivity index (χ2n) is 7.78. The summed E-state index contributed by atoms with van der Waals surface area (Å²) in [7, 11) is 2.89. The minimum absolute atomic E-state index is 0.138. The third-order valence-corrected chi connectivity index (χ3v) is 5.34. The highest BCUT2D eigenvalue weighted by Gasteiger charge is 2.11. The van der Waals surface area contributed by atoms with Crippen molar-refractivity contribution in [1.29, 1.82) is 0 Å². The Morgan fingerprint density at radius 2 is 1.08 bits per heavy atom. The zero-order valence-corrected chi connectivity index (χ0v) is 20.0. The van der Waals surface area contributed by atoms with E-state index in [0.717, 1.165) is 22.3 Å². The van der Waals surface area contributed by atoms with Gasteiger partial charge in [0.2, 0.25) is 0 Å². The second kappa shape index (κ2) is 12.6. The molecule has 0 aliphatic heterocycles. The van der Waals surface area contributed by atoms with Crippen molar-refractivity contribution < 1.29 is 29.3 Å². The lowest BCUT2D eigenvalue weighted by molar-refractivity contribution is 0.0682. The van der Waals surface area contributed by atoms with Crippen LogP contribution in [0.5, 0.6) is 11.5 Å². The highest BCUT2D eigenvalue weighted by molar-refractivity contribution is 5.91. The summed E-state index contributed by atoms with van der Waals surface area (Å²) in [6.45, 7) is 0. The lowest BCUT2D eigenvalue weighted by Crippen LogP contribution is -2.01. The predicted molar refractivity (Wildman–Crippen MR) is 139 cm³/mol. The minimum Gasteiger partial charge on any atom is -0.496 e. The average Bonchev–Trinajstić information content (AvgIpc) is 2.89. The maximum atomic E-state index is 11.3. The summed E-state index contributed by atoms with van der Waals surface area (Å²) < 4.78 is 10.2. The van der Waals surface area contributed by atoms with E-state index in [4.69, 9.17) is 9.47 Å². The van der Waals surface area contributed by atoms with Crippen LogP contribution in [0.15, 0.2) is 84.3 Å². The molecule has 0 unspecified atom stereocenters. The van der Waals surface area contributed by atoms with Crippen molar-refractivity contribution in [2.24, 2.45) is 0 Å². The van der Waals surface area contributed by atoms with E-state index in [2.05, 4.69) is 11.5 Å². The summed E-state index contributed by atoms with van der Waals surface area (Å²) in [5, 5.41) is 18.6. The van der Waals surface area contributed by atoms with Crippen molar-refractivity contribution in [3.05, 3.63) is 118 Å². The first-order valence-electron chi connectivity index (χ1n) is 11.1. The lowest BCUT2D eigenvalue weighted by Gasteiger charge is -2.06. The molecular formula is C30H26O6. The Hall–Kier alpha value is -4.76. The molecule has 0 atom stereocenters. The van der Waals surface area contributed by atoms with Gasteiger partial charge >= 0.3 is 11.9 Å². The third kappa shape index (κ3) is 7.12. The molecule has 0 saturated heterocycles. The van der Waals surface area contributed by atoms with Crippen molar-refractivity contribution in [2.45, 2.75) is 12.8 Å². The molecule has 0 amide bonds. The summed E-state index contributed by atoms with van der Waals surface area (Å²) >= 11 is 0. The van der Waals surface area contributed by atoms with Gasteiger partial charge < -0.3 is 19.7 Å². The van der Waals surface area contributed by atoms with Gasteiger partial charge in [0.15, 0.2) is 0 Å². The van der Waals surface area contributed by atoms with Gasteiger partial charge in [0.05, 0.1) is 14.2 Å². The molecule has 0 saturated carbocycles. The SMILES string of the molecule is COc1ccc(CC=C=Cc2ccc(C=C=CCc3ccc(OC)c(C(=O)O)c3)cc2)cc1C(=O)O. The van der Waals surface area contributed by atoms with Crippen molar-refractivity contribution in [1.82, 2.24) is 0 Å². The van der Waals surface area contributed by atoms with E-state index in [-0.39, 0.29) is 11.1 Å². The Labute approximate surface area is 209 Å². The van der Waals surface area contributed by atoms with Crippen molar-refractivity contribution >= 4 is 24.1 Å².